The van der Waals surface area contributed by atoms with Crippen LogP contribution in [0.1, 0.15) is 99.8 Å². The highest BCUT2D eigenvalue weighted by atomic mass is 32.2. The van der Waals surface area contributed by atoms with Crippen molar-refractivity contribution in [3.8, 4) is 23.6 Å². The number of hydrogen-bond donors (Lipinski definition) is 0. The number of allylic oxidation sites excluding steroid dienone is 2. The summed E-state index contributed by atoms with van der Waals surface area (Å²) >= 11 is 5.49. The number of fused-ring (bicyclic) bond motifs is 2. The van der Waals surface area contributed by atoms with E-state index in [0.29, 0.717) is 56.1 Å². The molecule has 5 rings (SSSR count). The highest BCUT2D eigenvalue weighted by molar-refractivity contribution is 8.26. The van der Waals surface area contributed by atoms with Crippen molar-refractivity contribution in [2.24, 2.45) is 11.8 Å². The van der Waals surface area contributed by atoms with Crippen molar-refractivity contribution in [2.45, 2.75) is 98.6 Å². The molecule has 270 valence electrons. The molecule has 0 bridgehead atoms. The number of ketones is 2. The van der Waals surface area contributed by atoms with Crippen LogP contribution in [0.4, 0.5) is 0 Å². The number of nitrogens with zero attached hydrogens (tertiary/aromatic N) is 2. The van der Waals surface area contributed by atoms with Crippen LogP contribution >= 0.6 is 47.0 Å². The Labute approximate surface area is 325 Å². The molecule has 0 saturated heterocycles. The third kappa shape index (κ3) is 9.15. The molecule has 0 amide bonds. The summed E-state index contributed by atoms with van der Waals surface area (Å²) in [6.45, 7) is 9.74. The van der Waals surface area contributed by atoms with Gasteiger partial charge in [-0.2, -0.15) is 10.5 Å². The monoisotopic (exact) mass is 768 g/mol. The molecule has 2 heterocycles. The van der Waals surface area contributed by atoms with Gasteiger partial charge in [0.25, 0.3) is 0 Å². The first-order chi connectivity index (χ1) is 25.4. The van der Waals surface area contributed by atoms with Gasteiger partial charge in [-0.3, -0.25) is 9.59 Å². The molecule has 0 N–H and O–H groups in total. The highest BCUT2D eigenvalue weighted by Gasteiger charge is 2.40. The number of Topliss-reactive ketones (excluding diaryl/α,β-unsaturated/α-hetero) is 2. The van der Waals surface area contributed by atoms with E-state index in [2.05, 4.69) is 39.8 Å². The average molecular weight is 769 g/mol. The van der Waals surface area contributed by atoms with Crippen LogP contribution in [0.25, 0.3) is 0 Å². The van der Waals surface area contributed by atoms with Crippen molar-refractivity contribution in [3.05, 3.63) is 91.4 Å². The van der Waals surface area contributed by atoms with Crippen molar-refractivity contribution in [3.63, 3.8) is 0 Å². The van der Waals surface area contributed by atoms with Crippen LogP contribution in [0, 0.1) is 34.5 Å². The summed E-state index contributed by atoms with van der Waals surface area (Å²) < 4.78 is 14.8. The van der Waals surface area contributed by atoms with Gasteiger partial charge in [0, 0.05) is 11.1 Å². The van der Waals surface area contributed by atoms with E-state index in [4.69, 9.17) is 9.47 Å². The lowest BCUT2D eigenvalue weighted by molar-refractivity contribution is 0.103. The molecule has 0 fully saturated rings. The summed E-state index contributed by atoms with van der Waals surface area (Å²) in [4.78, 5) is 30.6. The molecule has 0 aliphatic carbocycles. The quantitative estimate of drug-likeness (QED) is 0.0706. The molecule has 2 aliphatic heterocycles. The number of nitriles is 2. The first-order valence-corrected chi connectivity index (χ1v) is 21.3. The number of rotatable bonds is 18. The van der Waals surface area contributed by atoms with E-state index in [1.165, 1.54) is 47.0 Å². The fourth-order valence-corrected chi connectivity index (χ4v) is 11.3. The van der Waals surface area contributed by atoms with Crippen LogP contribution in [0.3, 0.4) is 0 Å². The first-order valence-electron chi connectivity index (χ1n) is 18.1. The zero-order valence-corrected chi connectivity index (χ0v) is 33.4. The molecule has 10 heteroatoms. The zero-order chi connectivity index (χ0) is 37.0. The Hall–Kier alpha value is -3.54. The third-order valence-corrected chi connectivity index (χ3v) is 14.4. The molecule has 3 aromatic carbocycles. The number of unbranched alkanes of at least 4 members (excludes halogenated alkanes) is 2. The predicted octanol–water partition coefficient (Wildman–Crippen LogP) is 12.5. The third-order valence-electron chi connectivity index (χ3n) is 9.19. The van der Waals surface area contributed by atoms with Gasteiger partial charge in [-0.1, -0.05) is 174 Å². The van der Waals surface area contributed by atoms with Crippen LogP contribution < -0.4 is 9.47 Å². The second kappa shape index (κ2) is 19.5. The van der Waals surface area contributed by atoms with Crippen LogP contribution in [0.5, 0.6) is 11.5 Å². The second-order valence-corrected chi connectivity index (χ2v) is 17.4. The van der Waals surface area contributed by atoms with Gasteiger partial charge in [0.15, 0.2) is 0 Å². The molecule has 2 atom stereocenters. The molecule has 6 nitrogen and oxygen atoms in total. The molecular weight excluding hydrogens is 725 g/mol. The van der Waals surface area contributed by atoms with E-state index in [1.807, 2.05) is 12.1 Å². The maximum atomic E-state index is 13.7. The van der Waals surface area contributed by atoms with E-state index < -0.39 is 0 Å². The lowest BCUT2D eigenvalue weighted by atomic mass is 10.0. The van der Waals surface area contributed by atoms with Crippen molar-refractivity contribution in [1.82, 2.24) is 0 Å². The van der Waals surface area contributed by atoms with Gasteiger partial charge in [0.1, 0.15) is 34.8 Å². The SMILES string of the molecule is CCCCC(CC)COc1c2c(c(OCC(CC)CCCC)c3c1SC(=C(C#N)C(=O)c1ccccc1)S3)SC(=C(C#N)C(=O)c1ccccc1)S2. The highest BCUT2D eigenvalue weighted by Crippen LogP contribution is 2.68. The van der Waals surface area contributed by atoms with Gasteiger partial charge in [-0.05, 0) is 24.7 Å². The van der Waals surface area contributed by atoms with Gasteiger partial charge in [-0.15, -0.1) is 0 Å². The van der Waals surface area contributed by atoms with Crippen molar-refractivity contribution < 1.29 is 19.1 Å². The summed E-state index contributed by atoms with van der Waals surface area (Å²) in [5.41, 5.74) is 1.07. The fraction of sp³-hybridized carbons (Fsp3) is 0.381. The summed E-state index contributed by atoms with van der Waals surface area (Å²) in [6.07, 6.45) is 8.45. The molecule has 0 spiro atoms. The minimum absolute atomic E-state index is 0.0827. The minimum Gasteiger partial charge on any atom is -0.491 e. The second-order valence-electron chi connectivity index (χ2n) is 12.8. The lowest BCUT2D eigenvalue weighted by Crippen LogP contribution is -2.14. The summed E-state index contributed by atoms with van der Waals surface area (Å²) in [7, 11) is 0. The van der Waals surface area contributed by atoms with Crippen LogP contribution in [0.15, 0.2) is 99.9 Å². The Morgan fingerprint density at radius 3 is 1.23 bits per heavy atom. The van der Waals surface area contributed by atoms with Crippen molar-refractivity contribution >= 4 is 58.6 Å². The van der Waals surface area contributed by atoms with Gasteiger partial charge in [0.2, 0.25) is 11.6 Å². The number of thioether (sulfide) groups is 4. The summed E-state index contributed by atoms with van der Waals surface area (Å²) in [5.74, 6) is 1.34. The number of ether oxygens (including phenoxy) is 2. The molecule has 0 radical (unpaired) electrons. The van der Waals surface area contributed by atoms with Gasteiger partial charge >= 0.3 is 0 Å². The minimum atomic E-state index is -0.327. The van der Waals surface area contributed by atoms with Gasteiger partial charge in [-0.25, -0.2) is 0 Å². The molecule has 3 aromatic rings. The molecule has 52 heavy (non-hydrogen) atoms. The Kier molecular flexibility index (Phi) is 14.9. The lowest BCUT2D eigenvalue weighted by Gasteiger charge is -2.22. The molecular formula is C42H44N2O4S4. The Balaban J connectivity index is 1.66. The predicted molar refractivity (Wildman–Crippen MR) is 214 cm³/mol. The number of carbonyl (C=O) groups is 2. The maximum absolute atomic E-state index is 13.7. The van der Waals surface area contributed by atoms with E-state index >= 15 is 0 Å². The molecule has 2 unspecified atom stereocenters. The van der Waals surface area contributed by atoms with Crippen molar-refractivity contribution in [2.75, 3.05) is 13.2 Å². The zero-order valence-electron chi connectivity index (χ0n) is 30.2. The topological polar surface area (TPSA) is 100 Å². The van der Waals surface area contributed by atoms with Crippen LogP contribution in [-0.2, 0) is 0 Å². The van der Waals surface area contributed by atoms with Crippen LogP contribution in [0.2, 0.25) is 0 Å². The van der Waals surface area contributed by atoms with Gasteiger partial charge in [0.05, 0.1) is 41.3 Å². The van der Waals surface area contributed by atoms with E-state index in [-0.39, 0.29) is 22.7 Å². The molecule has 0 saturated carbocycles. The summed E-state index contributed by atoms with van der Waals surface area (Å²) in [5, 5.41) is 20.7. The van der Waals surface area contributed by atoms with Crippen LogP contribution in [-0.4, -0.2) is 24.8 Å². The molecule has 0 aromatic heterocycles. The number of hydrogen-bond acceptors (Lipinski definition) is 10. The fourth-order valence-electron chi connectivity index (χ4n) is 5.91. The first kappa shape index (κ1) is 39.7. The van der Waals surface area contributed by atoms with E-state index in [1.54, 1.807) is 48.5 Å². The Morgan fingerprint density at radius 1 is 0.596 bits per heavy atom. The van der Waals surface area contributed by atoms with E-state index in [9.17, 15) is 20.1 Å². The largest absolute Gasteiger partial charge is 0.491 e. The Morgan fingerprint density at radius 2 is 0.942 bits per heavy atom. The summed E-state index contributed by atoms with van der Waals surface area (Å²) in [6, 6.07) is 22.2. The van der Waals surface area contributed by atoms with Crippen molar-refractivity contribution in [1.29, 1.82) is 10.5 Å². The number of carbonyl (C=O) groups excluding carboxylic acids is 2. The van der Waals surface area contributed by atoms with Gasteiger partial charge < -0.3 is 9.47 Å². The Bertz CT molecular complexity index is 1730. The molecule has 2 aliphatic rings. The average Bonchev–Trinajstić information content (AvgIpc) is 3.82. The maximum Gasteiger partial charge on any atom is 0.205 e. The smallest absolute Gasteiger partial charge is 0.205 e. The standard InChI is InChI=1S/C42H44N2O4S4/c1-5-9-17-27(7-3)25-47-35-37-39(51-41(49-37)31(23-43)33(45)29-19-13-11-14-20-29)36(48-26-28(8-4)18-10-6-2)40-38(35)50-42(52-40)32(24-44)34(46)30-21-15-12-16-22-30/h11-16,19-22,27-28H,5-10,17-18,25-26H2,1-4H3. The number of benzene rings is 3. The van der Waals surface area contributed by atoms with E-state index in [0.717, 1.165) is 70.9 Å². The normalized spacial score (nSPS) is 14.1.